The summed E-state index contributed by atoms with van der Waals surface area (Å²) in [6, 6.07) is 12.7. The fourth-order valence-electron chi connectivity index (χ4n) is 4.14. The molecule has 4 rings (SSSR count). The van der Waals surface area contributed by atoms with Gasteiger partial charge >= 0.3 is 5.91 Å². The van der Waals surface area contributed by atoms with Crippen LogP contribution in [0.25, 0.3) is 5.76 Å². The number of methoxy groups -OCH3 is 1. The molecule has 37 heavy (non-hydrogen) atoms. The van der Waals surface area contributed by atoms with Gasteiger partial charge in [0, 0.05) is 12.5 Å². The Morgan fingerprint density at radius 1 is 1.08 bits per heavy atom. The van der Waals surface area contributed by atoms with Crippen LogP contribution in [-0.4, -0.2) is 41.3 Å². The molecule has 192 valence electrons. The van der Waals surface area contributed by atoms with Gasteiger partial charge in [-0.2, -0.15) is 0 Å². The molecule has 0 unspecified atom stereocenters. The molecule has 1 saturated heterocycles. The number of hydrogen-bond donors (Lipinski definition) is 1. The number of aliphatic hydroxyl groups is 1. The maximum absolute atomic E-state index is 13.3. The fourth-order valence-corrected chi connectivity index (χ4v) is 5.13. The summed E-state index contributed by atoms with van der Waals surface area (Å²) < 4.78 is 10.9. The largest absolute Gasteiger partial charge is 0.507 e. The Morgan fingerprint density at radius 3 is 2.30 bits per heavy atom. The van der Waals surface area contributed by atoms with Gasteiger partial charge in [-0.15, -0.1) is 0 Å². The van der Waals surface area contributed by atoms with Crippen LogP contribution in [0.5, 0.6) is 11.5 Å². The number of carbonyl (C=O) groups excluding carboxylic acids is 3. The van der Waals surface area contributed by atoms with Crippen LogP contribution in [0.1, 0.15) is 59.2 Å². The van der Waals surface area contributed by atoms with Gasteiger partial charge in [0.2, 0.25) is 0 Å². The Labute approximate surface area is 219 Å². The predicted octanol–water partition coefficient (Wildman–Crippen LogP) is 5.47. The van der Waals surface area contributed by atoms with E-state index in [1.165, 1.54) is 18.9 Å². The second-order valence-corrected chi connectivity index (χ2v) is 9.61. The first-order valence-electron chi connectivity index (χ1n) is 11.9. The predicted molar refractivity (Wildman–Crippen MR) is 141 cm³/mol. The van der Waals surface area contributed by atoms with Crippen molar-refractivity contribution in [3.8, 4) is 11.5 Å². The molecule has 2 heterocycles. The number of aryl methyl sites for hydroxylation is 1. The molecule has 1 aliphatic rings. The number of nitrogens with zero attached hydrogens (tertiary/aromatic N) is 2. The lowest BCUT2D eigenvalue weighted by Gasteiger charge is -2.23. The third-order valence-corrected chi connectivity index (χ3v) is 7.34. The minimum absolute atomic E-state index is 0.0629. The monoisotopic (exact) mass is 520 g/mol. The van der Waals surface area contributed by atoms with Crippen molar-refractivity contribution in [2.45, 2.75) is 39.7 Å². The molecular formula is C28H28N2O6S. The van der Waals surface area contributed by atoms with Gasteiger partial charge in [0.05, 0.1) is 35.9 Å². The number of aliphatic hydroxyl groups excluding tert-OH is 1. The first-order chi connectivity index (χ1) is 17.8. The highest BCUT2D eigenvalue weighted by Gasteiger charge is 2.48. The van der Waals surface area contributed by atoms with Gasteiger partial charge in [-0.3, -0.25) is 19.3 Å². The molecule has 1 atom stereocenters. The average molecular weight is 521 g/mol. The third-order valence-electron chi connectivity index (χ3n) is 6.08. The number of aromatic nitrogens is 1. The van der Waals surface area contributed by atoms with Crippen molar-refractivity contribution in [3.63, 3.8) is 0 Å². The smallest absolute Gasteiger partial charge is 0.301 e. The number of unbranched alkanes of at least 4 members (excludes halogenated alkanes) is 1. The second kappa shape index (κ2) is 11.0. The van der Waals surface area contributed by atoms with Crippen molar-refractivity contribution in [1.29, 1.82) is 0 Å². The summed E-state index contributed by atoms with van der Waals surface area (Å²) in [5.41, 5.74) is 1.37. The number of anilines is 1. The van der Waals surface area contributed by atoms with Gasteiger partial charge in [0.15, 0.2) is 10.9 Å². The molecule has 2 aromatic carbocycles. The summed E-state index contributed by atoms with van der Waals surface area (Å²) in [7, 11) is 1.53. The van der Waals surface area contributed by atoms with E-state index in [1.807, 2.05) is 0 Å². The van der Waals surface area contributed by atoms with E-state index in [2.05, 4.69) is 11.9 Å². The Balaban J connectivity index is 1.84. The molecule has 3 aromatic rings. The van der Waals surface area contributed by atoms with Gasteiger partial charge in [-0.1, -0.05) is 36.8 Å². The van der Waals surface area contributed by atoms with Crippen LogP contribution in [0.3, 0.4) is 0 Å². The minimum atomic E-state index is -0.947. The number of carbonyl (C=O) groups is 3. The number of hydrogen-bond acceptors (Lipinski definition) is 8. The zero-order chi connectivity index (χ0) is 26.7. The van der Waals surface area contributed by atoms with Crippen LogP contribution in [0.2, 0.25) is 0 Å². The molecule has 8 nitrogen and oxygen atoms in total. The highest BCUT2D eigenvalue weighted by Crippen LogP contribution is 2.44. The van der Waals surface area contributed by atoms with E-state index in [4.69, 9.17) is 9.47 Å². The number of thiazole rings is 1. The standard InChI is InChI=1S/C28H28N2O6S/c1-5-6-15-36-21-13-7-18(8-14-21)23-22(24(32)19-9-11-20(35-4)12-10-19)25(33)27(34)30(23)28-29-16(2)26(37-28)17(3)31/h7-14,23,32H,5-6,15H2,1-4H3/t23-/m0/s1. The van der Waals surface area contributed by atoms with E-state index >= 15 is 0 Å². The van der Waals surface area contributed by atoms with Crippen LogP contribution in [0.4, 0.5) is 5.13 Å². The van der Waals surface area contributed by atoms with Crippen LogP contribution >= 0.6 is 11.3 Å². The van der Waals surface area contributed by atoms with E-state index in [-0.39, 0.29) is 22.2 Å². The maximum atomic E-state index is 13.3. The lowest BCUT2D eigenvalue weighted by molar-refractivity contribution is -0.132. The first-order valence-corrected chi connectivity index (χ1v) is 12.7. The summed E-state index contributed by atoms with van der Waals surface area (Å²) in [4.78, 5) is 44.8. The van der Waals surface area contributed by atoms with E-state index in [9.17, 15) is 19.5 Å². The van der Waals surface area contributed by atoms with Crippen molar-refractivity contribution < 1.29 is 29.0 Å². The highest BCUT2D eigenvalue weighted by atomic mass is 32.1. The molecule has 1 aromatic heterocycles. The number of ether oxygens (including phenoxy) is 2. The Morgan fingerprint density at radius 2 is 1.73 bits per heavy atom. The van der Waals surface area contributed by atoms with Gasteiger partial charge in [-0.05, 0) is 55.3 Å². The SMILES string of the molecule is CCCCOc1ccc([C@H]2C(=C(O)c3ccc(OC)cc3)C(=O)C(=O)N2c2nc(C)c(C(C)=O)s2)cc1. The summed E-state index contributed by atoms with van der Waals surface area (Å²) in [6.07, 6.45) is 1.93. The molecule has 1 N–H and O–H groups in total. The molecule has 0 bridgehead atoms. The zero-order valence-corrected chi connectivity index (χ0v) is 21.9. The van der Waals surface area contributed by atoms with E-state index in [1.54, 1.807) is 55.5 Å². The van der Waals surface area contributed by atoms with E-state index in [0.29, 0.717) is 39.8 Å². The van der Waals surface area contributed by atoms with Crippen LogP contribution < -0.4 is 14.4 Å². The van der Waals surface area contributed by atoms with Crippen LogP contribution in [0.15, 0.2) is 54.1 Å². The van der Waals surface area contributed by atoms with E-state index < -0.39 is 17.7 Å². The summed E-state index contributed by atoms with van der Waals surface area (Å²) in [5.74, 6) is -0.903. The van der Waals surface area contributed by atoms with Crippen molar-refractivity contribution in [3.05, 3.63) is 75.8 Å². The van der Waals surface area contributed by atoms with Gasteiger partial charge in [-0.25, -0.2) is 4.98 Å². The highest BCUT2D eigenvalue weighted by molar-refractivity contribution is 7.18. The van der Waals surface area contributed by atoms with Gasteiger partial charge < -0.3 is 14.6 Å². The molecular weight excluding hydrogens is 492 g/mol. The molecule has 0 spiro atoms. The summed E-state index contributed by atoms with van der Waals surface area (Å²) in [5, 5.41) is 11.5. The van der Waals surface area contributed by atoms with Crippen molar-refractivity contribution in [1.82, 2.24) is 4.98 Å². The third kappa shape index (κ3) is 5.13. The number of ketones is 2. The lowest BCUT2D eigenvalue weighted by atomic mass is 9.95. The number of benzene rings is 2. The average Bonchev–Trinajstić information content (AvgIpc) is 3.41. The number of rotatable bonds is 9. The van der Waals surface area contributed by atoms with Crippen molar-refractivity contribution >= 4 is 39.7 Å². The van der Waals surface area contributed by atoms with Gasteiger partial charge in [0.1, 0.15) is 17.3 Å². The summed E-state index contributed by atoms with van der Waals surface area (Å²) in [6.45, 7) is 5.77. The lowest BCUT2D eigenvalue weighted by Crippen LogP contribution is -2.29. The molecule has 1 aliphatic heterocycles. The topological polar surface area (TPSA) is 106 Å². The quantitative estimate of drug-likeness (QED) is 0.131. The second-order valence-electron chi connectivity index (χ2n) is 8.64. The molecule has 1 amide bonds. The normalized spacial score (nSPS) is 16.8. The van der Waals surface area contributed by atoms with E-state index in [0.717, 1.165) is 24.2 Å². The number of Topliss-reactive ketones (excluding diaryl/α,β-unsaturated/α-hetero) is 2. The molecule has 0 radical (unpaired) electrons. The zero-order valence-electron chi connectivity index (χ0n) is 21.1. The number of amides is 1. The molecule has 9 heteroatoms. The van der Waals surface area contributed by atoms with Crippen molar-refractivity contribution in [2.24, 2.45) is 0 Å². The molecule has 0 saturated carbocycles. The van der Waals surface area contributed by atoms with Crippen LogP contribution in [-0.2, 0) is 9.59 Å². The maximum Gasteiger partial charge on any atom is 0.301 e. The first kappa shape index (κ1) is 26.1. The Bertz CT molecular complexity index is 1360. The molecule has 1 fully saturated rings. The van der Waals surface area contributed by atoms with Crippen LogP contribution in [0, 0.1) is 6.92 Å². The Hall–Kier alpha value is -3.98. The summed E-state index contributed by atoms with van der Waals surface area (Å²) >= 11 is 1.05. The van der Waals surface area contributed by atoms with Gasteiger partial charge in [0.25, 0.3) is 5.78 Å². The Kier molecular flexibility index (Phi) is 7.73. The minimum Gasteiger partial charge on any atom is -0.507 e. The fraction of sp³-hybridized carbons (Fsp3) is 0.286. The molecule has 0 aliphatic carbocycles. The van der Waals surface area contributed by atoms with Crippen molar-refractivity contribution in [2.75, 3.05) is 18.6 Å².